The zero-order valence-corrected chi connectivity index (χ0v) is 23.1. The van der Waals surface area contributed by atoms with Crippen LogP contribution in [-0.2, 0) is 16.2 Å². The third kappa shape index (κ3) is 6.04. The average molecular weight is 553 g/mol. The van der Waals surface area contributed by atoms with E-state index in [1.807, 2.05) is 44.4 Å². The number of amides is 1. The summed E-state index contributed by atoms with van der Waals surface area (Å²) in [7, 11) is 4.04. The van der Waals surface area contributed by atoms with E-state index in [0.29, 0.717) is 47.0 Å². The van der Waals surface area contributed by atoms with E-state index in [2.05, 4.69) is 0 Å². The lowest BCUT2D eigenvalue weighted by Gasteiger charge is -2.28. The number of benzene rings is 3. The summed E-state index contributed by atoms with van der Waals surface area (Å²) in [6, 6.07) is 19.0. The lowest BCUT2D eigenvalue weighted by atomic mass is 9.94. The predicted molar refractivity (Wildman–Crippen MR) is 147 cm³/mol. The van der Waals surface area contributed by atoms with Gasteiger partial charge in [0.15, 0.2) is 0 Å². The van der Waals surface area contributed by atoms with Gasteiger partial charge in [0.05, 0.1) is 36.7 Å². The molecular formula is C30H30Cl2N2O4. The number of ketones is 1. The Balaban J connectivity index is 1.70. The fourth-order valence-corrected chi connectivity index (χ4v) is 4.91. The fourth-order valence-electron chi connectivity index (χ4n) is 4.60. The van der Waals surface area contributed by atoms with Gasteiger partial charge in [-0.2, -0.15) is 0 Å². The van der Waals surface area contributed by atoms with Crippen LogP contribution in [0.5, 0.6) is 5.75 Å². The minimum absolute atomic E-state index is 0.0772. The van der Waals surface area contributed by atoms with Crippen molar-refractivity contribution in [2.75, 3.05) is 27.2 Å². The van der Waals surface area contributed by atoms with Crippen molar-refractivity contribution in [3.05, 3.63) is 105 Å². The third-order valence-electron chi connectivity index (χ3n) is 6.56. The molecule has 1 atom stereocenters. The monoisotopic (exact) mass is 552 g/mol. The molecule has 1 heterocycles. The molecule has 0 radical (unpaired) electrons. The molecule has 3 aromatic rings. The average Bonchev–Trinajstić information content (AvgIpc) is 3.14. The van der Waals surface area contributed by atoms with Crippen LogP contribution in [0.15, 0.2) is 72.3 Å². The first-order valence-electron chi connectivity index (χ1n) is 12.5. The molecule has 6 nitrogen and oxygen atoms in total. The molecular weight excluding hydrogens is 523 g/mol. The molecule has 1 N–H and O–H groups in total. The fraction of sp³-hybridized carbons (Fsp3) is 0.267. The second kappa shape index (κ2) is 12.0. The second-order valence-corrected chi connectivity index (χ2v) is 10.5. The lowest BCUT2D eigenvalue weighted by Crippen LogP contribution is -3.05. The largest absolute Gasteiger partial charge is 0.872 e. The molecule has 8 heteroatoms. The highest BCUT2D eigenvalue weighted by Gasteiger charge is 2.44. The molecule has 198 valence electrons. The van der Waals surface area contributed by atoms with Crippen LogP contribution < -0.4 is 14.7 Å². The molecule has 38 heavy (non-hydrogen) atoms. The molecule has 1 aliphatic rings. The molecule has 0 aromatic heterocycles. The van der Waals surface area contributed by atoms with E-state index in [1.165, 1.54) is 9.80 Å². The van der Waals surface area contributed by atoms with E-state index in [-0.39, 0.29) is 10.6 Å². The minimum atomic E-state index is -0.845. The minimum Gasteiger partial charge on any atom is -0.872 e. The molecule has 1 aliphatic heterocycles. The number of halogens is 2. The van der Waals surface area contributed by atoms with Gasteiger partial charge in [-0.25, -0.2) is 0 Å². The second-order valence-electron chi connectivity index (χ2n) is 9.71. The van der Waals surface area contributed by atoms with Crippen molar-refractivity contribution in [3.8, 4) is 5.75 Å². The summed E-state index contributed by atoms with van der Waals surface area (Å²) in [5, 5.41) is 14.5. The summed E-state index contributed by atoms with van der Waals surface area (Å²) in [6.45, 7) is 3.32. The van der Waals surface area contributed by atoms with Gasteiger partial charge in [0.1, 0.15) is 12.4 Å². The van der Waals surface area contributed by atoms with Crippen molar-refractivity contribution in [2.24, 2.45) is 0 Å². The van der Waals surface area contributed by atoms with Crippen LogP contribution in [0.25, 0.3) is 5.76 Å². The number of rotatable bonds is 9. The van der Waals surface area contributed by atoms with E-state index in [1.54, 1.807) is 43.3 Å². The molecule has 1 unspecified atom stereocenters. The number of likely N-dealkylation sites (tertiary alicyclic amines) is 1. The van der Waals surface area contributed by atoms with E-state index in [4.69, 9.17) is 27.9 Å². The zero-order chi connectivity index (χ0) is 27.4. The lowest BCUT2D eigenvalue weighted by molar-refractivity contribution is -0.858. The summed E-state index contributed by atoms with van der Waals surface area (Å²) in [5.74, 6) is -1.34. The number of ether oxygens (including phenoxy) is 1. The number of carbonyl (C=O) groups excluding carboxylic acids is 2. The maximum Gasteiger partial charge on any atom is 0.295 e. The summed E-state index contributed by atoms with van der Waals surface area (Å²) in [6.07, 6.45) is 0.674. The van der Waals surface area contributed by atoms with Gasteiger partial charge in [-0.1, -0.05) is 71.4 Å². The predicted octanol–water partition coefficient (Wildman–Crippen LogP) is 3.64. The highest BCUT2D eigenvalue weighted by molar-refractivity contribution is 6.46. The van der Waals surface area contributed by atoms with Crippen molar-refractivity contribution in [1.29, 1.82) is 0 Å². The Bertz CT molecular complexity index is 1370. The van der Waals surface area contributed by atoms with Crippen LogP contribution in [0.1, 0.15) is 34.7 Å². The van der Waals surface area contributed by atoms with Gasteiger partial charge in [0.2, 0.25) is 5.78 Å². The molecule has 0 saturated carbocycles. The standard InChI is InChI=1S/C30H30Cl2N2O4/c1-19-16-22(38-18-20-8-5-4-6-9-20)11-12-23(19)28(35)26-27(21-10-13-24(31)25(32)17-21)34(30(37)29(26)36)15-7-14-33(2)3/h4-6,8-13,16-17,27,35H,7,14-15,18H2,1-3H3/b28-26+. The van der Waals surface area contributed by atoms with Gasteiger partial charge < -0.3 is 19.6 Å². The van der Waals surface area contributed by atoms with Crippen LogP contribution in [0.4, 0.5) is 0 Å². The van der Waals surface area contributed by atoms with Crippen molar-refractivity contribution in [1.82, 2.24) is 4.90 Å². The van der Waals surface area contributed by atoms with Crippen LogP contribution in [0.2, 0.25) is 10.0 Å². The van der Waals surface area contributed by atoms with Gasteiger partial charge in [-0.05, 0) is 53.4 Å². The Hall–Kier alpha value is -3.32. The van der Waals surface area contributed by atoms with Gasteiger partial charge >= 0.3 is 0 Å². The number of carbonyl (C=O) groups is 2. The first-order valence-corrected chi connectivity index (χ1v) is 13.2. The Labute approximate surface area is 233 Å². The van der Waals surface area contributed by atoms with Crippen molar-refractivity contribution >= 4 is 40.7 Å². The summed E-state index contributed by atoms with van der Waals surface area (Å²) >= 11 is 12.4. The van der Waals surface area contributed by atoms with Gasteiger partial charge in [-0.3, -0.25) is 9.59 Å². The first-order chi connectivity index (χ1) is 18.2. The number of nitrogens with zero attached hydrogens (tertiary/aromatic N) is 1. The van der Waals surface area contributed by atoms with Crippen molar-refractivity contribution in [2.45, 2.75) is 26.0 Å². The van der Waals surface area contributed by atoms with Gasteiger partial charge in [-0.15, -0.1) is 0 Å². The van der Waals surface area contributed by atoms with E-state index >= 15 is 0 Å². The topological polar surface area (TPSA) is 74.1 Å². The highest BCUT2D eigenvalue weighted by atomic mass is 35.5. The molecule has 0 aliphatic carbocycles. The molecule has 1 fully saturated rings. The van der Waals surface area contributed by atoms with Crippen LogP contribution in [0, 0.1) is 6.92 Å². The normalized spacial score (nSPS) is 16.9. The van der Waals surface area contributed by atoms with Crippen LogP contribution in [-0.4, -0.2) is 43.8 Å². The quantitative estimate of drug-likeness (QED) is 0.250. The molecule has 0 bridgehead atoms. The Morgan fingerprint density at radius 1 is 1.00 bits per heavy atom. The number of Topliss-reactive ketones (excluding diaryl/α,β-unsaturated/α-hetero) is 1. The molecule has 1 saturated heterocycles. The van der Waals surface area contributed by atoms with Crippen LogP contribution in [0.3, 0.4) is 0 Å². The third-order valence-corrected chi connectivity index (χ3v) is 7.29. The maximum atomic E-state index is 13.8. The van der Waals surface area contributed by atoms with Crippen molar-refractivity contribution in [3.63, 3.8) is 0 Å². The molecule has 1 amide bonds. The molecule has 0 spiro atoms. The molecule has 3 aromatic carbocycles. The summed E-state index contributed by atoms with van der Waals surface area (Å²) in [4.78, 5) is 29.1. The van der Waals surface area contributed by atoms with E-state index in [0.717, 1.165) is 12.1 Å². The van der Waals surface area contributed by atoms with Gasteiger partial charge in [0.25, 0.3) is 5.91 Å². The number of aryl methyl sites for hydroxylation is 1. The Morgan fingerprint density at radius 3 is 2.39 bits per heavy atom. The summed E-state index contributed by atoms with van der Waals surface area (Å²) in [5.41, 5.74) is 2.51. The summed E-state index contributed by atoms with van der Waals surface area (Å²) < 4.78 is 5.89. The Kier molecular flexibility index (Phi) is 8.77. The maximum absolute atomic E-state index is 13.8. The van der Waals surface area contributed by atoms with Crippen molar-refractivity contribution < 1.29 is 24.3 Å². The number of hydrogen-bond donors (Lipinski definition) is 1. The van der Waals surface area contributed by atoms with E-state index in [9.17, 15) is 14.7 Å². The zero-order valence-electron chi connectivity index (χ0n) is 21.6. The molecule has 4 rings (SSSR count). The van der Waals surface area contributed by atoms with Gasteiger partial charge in [0, 0.05) is 18.5 Å². The smallest absolute Gasteiger partial charge is 0.295 e. The highest BCUT2D eigenvalue weighted by Crippen LogP contribution is 2.41. The number of hydrogen-bond acceptors (Lipinski definition) is 4. The number of nitrogens with one attached hydrogen (secondary N) is 1. The first kappa shape index (κ1) is 27.7. The van der Waals surface area contributed by atoms with E-state index < -0.39 is 23.5 Å². The number of quaternary nitrogens is 1. The Morgan fingerprint density at radius 2 is 1.74 bits per heavy atom. The van der Waals surface area contributed by atoms with Crippen LogP contribution >= 0.6 is 23.2 Å². The SMILES string of the molecule is Cc1cc(OCc2ccccc2)ccc1/C([O-])=C1\C(=O)C(=O)N(CCC[NH+](C)C)C1c1ccc(Cl)c(Cl)c1.